The lowest BCUT2D eigenvalue weighted by Gasteiger charge is -2.12. The molecule has 0 aromatic heterocycles. The van der Waals surface area contributed by atoms with Gasteiger partial charge in [0, 0.05) is 19.1 Å². The van der Waals surface area contributed by atoms with Crippen LogP contribution in [0.5, 0.6) is 0 Å². The maximum atomic E-state index is 12.0. The predicted molar refractivity (Wildman–Crippen MR) is 70.2 cm³/mol. The van der Waals surface area contributed by atoms with Gasteiger partial charge >= 0.3 is 0 Å². The first kappa shape index (κ1) is 12.9. The van der Waals surface area contributed by atoms with Crippen LogP contribution in [-0.4, -0.2) is 25.7 Å². The molecule has 1 aliphatic heterocycles. The van der Waals surface area contributed by atoms with E-state index in [0.29, 0.717) is 23.7 Å². The summed E-state index contributed by atoms with van der Waals surface area (Å²) in [4.78, 5) is 12.0. The summed E-state index contributed by atoms with van der Waals surface area (Å²) in [7, 11) is 0. The molecule has 1 fully saturated rings. The SMILES string of the molecule is Cc1ccc(C(=O)NCC2CCOC2)c(NN)c1. The summed E-state index contributed by atoms with van der Waals surface area (Å²) in [6, 6.07) is 5.53. The summed E-state index contributed by atoms with van der Waals surface area (Å²) in [6.07, 6.45) is 1.01. The molecule has 0 radical (unpaired) electrons. The molecule has 2 rings (SSSR count). The number of hydrogen-bond donors (Lipinski definition) is 3. The molecule has 98 valence electrons. The van der Waals surface area contributed by atoms with Gasteiger partial charge in [-0.2, -0.15) is 0 Å². The molecule has 1 aromatic carbocycles. The van der Waals surface area contributed by atoms with Gasteiger partial charge in [0.15, 0.2) is 0 Å². The second-order valence-corrected chi connectivity index (χ2v) is 4.63. The van der Waals surface area contributed by atoms with E-state index in [0.717, 1.165) is 25.2 Å². The van der Waals surface area contributed by atoms with E-state index in [9.17, 15) is 4.79 Å². The van der Waals surface area contributed by atoms with Crippen LogP contribution in [0.2, 0.25) is 0 Å². The van der Waals surface area contributed by atoms with Gasteiger partial charge in [-0.3, -0.25) is 10.6 Å². The van der Waals surface area contributed by atoms with Gasteiger partial charge in [-0.05, 0) is 31.0 Å². The van der Waals surface area contributed by atoms with Crippen LogP contribution in [0.4, 0.5) is 5.69 Å². The number of hydrogen-bond acceptors (Lipinski definition) is 4. The number of carbonyl (C=O) groups excluding carboxylic acids is 1. The lowest BCUT2D eigenvalue weighted by Crippen LogP contribution is -2.30. The highest BCUT2D eigenvalue weighted by Gasteiger charge is 2.17. The van der Waals surface area contributed by atoms with Crippen molar-refractivity contribution in [2.45, 2.75) is 13.3 Å². The molecule has 1 saturated heterocycles. The number of rotatable bonds is 4. The number of ether oxygens (including phenoxy) is 1. The number of nitrogens with two attached hydrogens (primary N) is 1. The van der Waals surface area contributed by atoms with Crippen LogP contribution in [0, 0.1) is 12.8 Å². The number of aryl methyl sites for hydroxylation is 1. The Labute approximate surface area is 107 Å². The fraction of sp³-hybridized carbons (Fsp3) is 0.462. The first-order valence-corrected chi connectivity index (χ1v) is 6.14. The van der Waals surface area contributed by atoms with Gasteiger partial charge in [-0.1, -0.05) is 6.07 Å². The zero-order valence-electron chi connectivity index (χ0n) is 10.5. The monoisotopic (exact) mass is 249 g/mol. The first-order chi connectivity index (χ1) is 8.70. The Hall–Kier alpha value is -1.59. The molecule has 0 spiro atoms. The molecule has 1 unspecified atom stereocenters. The fourth-order valence-corrected chi connectivity index (χ4v) is 2.05. The van der Waals surface area contributed by atoms with Crippen molar-refractivity contribution in [1.29, 1.82) is 0 Å². The second-order valence-electron chi connectivity index (χ2n) is 4.63. The molecule has 1 amide bonds. The van der Waals surface area contributed by atoms with Crippen molar-refractivity contribution in [2.24, 2.45) is 11.8 Å². The van der Waals surface area contributed by atoms with Crippen LogP contribution in [0.1, 0.15) is 22.3 Å². The van der Waals surface area contributed by atoms with Gasteiger partial charge < -0.3 is 15.5 Å². The number of nitrogen functional groups attached to an aromatic ring is 1. The van der Waals surface area contributed by atoms with Crippen molar-refractivity contribution in [3.05, 3.63) is 29.3 Å². The molecule has 0 bridgehead atoms. The minimum absolute atomic E-state index is 0.102. The van der Waals surface area contributed by atoms with E-state index in [2.05, 4.69) is 10.7 Å². The number of amides is 1. The number of benzene rings is 1. The third-order valence-electron chi connectivity index (χ3n) is 3.15. The lowest BCUT2D eigenvalue weighted by molar-refractivity contribution is 0.0946. The Morgan fingerprint density at radius 3 is 3.06 bits per heavy atom. The summed E-state index contributed by atoms with van der Waals surface area (Å²) < 4.78 is 5.27. The fourth-order valence-electron chi connectivity index (χ4n) is 2.05. The number of nitrogens with one attached hydrogen (secondary N) is 2. The van der Waals surface area contributed by atoms with Crippen LogP contribution in [0.15, 0.2) is 18.2 Å². The van der Waals surface area contributed by atoms with E-state index in [1.54, 1.807) is 6.07 Å². The second kappa shape index (κ2) is 5.84. The molecule has 1 heterocycles. The molecular formula is C13H19N3O2. The van der Waals surface area contributed by atoms with E-state index in [4.69, 9.17) is 10.6 Å². The van der Waals surface area contributed by atoms with Gasteiger partial charge in [0.2, 0.25) is 0 Å². The predicted octanol–water partition coefficient (Wildman–Crippen LogP) is 1.05. The molecule has 4 N–H and O–H groups in total. The Morgan fingerprint density at radius 1 is 1.56 bits per heavy atom. The minimum Gasteiger partial charge on any atom is -0.381 e. The Kier molecular flexibility index (Phi) is 4.17. The average molecular weight is 249 g/mol. The topological polar surface area (TPSA) is 76.4 Å². The van der Waals surface area contributed by atoms with E-state index in [-0.39, 0.29) is 5.91 Å². The largest absolute Gasteiger partial charge is 0.381 e. The van der Waals surface area contributed by atoms with Crippen molar-refractivity contribution < 1.29 is 9.53 Å². The Bertz CT molecular complexity index is 428. The van der Waals surface area contributed by atoms with E-state index < -0.39 is 0 Å². The van der Waals surface area contributed by atoms with Gasteiger partial charge in [0.25, 0.3) is 5.91 Å². The quantitative estimate of drug-likeness (QED) is 0.550. The zero-order valence-corrected chi connectivity index (χ0v) is 10.5. The van der Waals surface area contributed by atoms with E-state index in [1.807, 2.05) is 19.1 Å². The summed E-state index contributed by atoms with van der Waals surface area (Å²) >= 11 is 0. The molecule has 5 heteroatoms. The molecule has 18 heavy (non-hydrogen) atoms. The maximum absolute atomic E-state index is 12.0. The minimum atomic E-state index is -0.102. The van der Waals surface area contributed by atoms with Crippen molar-refractivity contribution in [3.63, 3.8) is 0 Å². The molecule has 0 aliphatic carbocycles. The highest BCUT2D eigenvalue weighted by Crippen LogP contribution is 2.17. The van der Waals surface area contributed by atoms with Crippen molar-refractivity contribution >= 4 is 11.6 Å². The smallest absolute Gasteiger partial charge is 0.253 e. The summed E-state index contributed by atoms with van der Waals surface area (Å²) in [5.41, 5.74) is 4.84. The number of anilines is 1. The van der Waals surface area contributed by atoms with E-state index >= 15 is 0 Å². The van der Waals surface area contributed by atoms with Crippen molar-refractivity contribution in [1.82, 2.24) is 5.32 Å². The van der Waals surface area contributed by atoms with Gasteiger partial charge in [0.1, 0.15) is 0 Å². The van der Waals surface area contributed by atoms with Gasteiger partial charge in [0.05, 0.1) is 17.9 Å². The maximum Gasteiger partial charge on any atom is 0.253 e. The van der Waals surface area contributed by atoms with E-state index in [1.165, 1.54) is 0 Å². The molecule has 1 aliphatic rings. The normalized spacial score (nSPS) is 18.7. The van der Waals surface area contributed by atoms with Gasteiger partial charge in [-0.15, -0.1) is 0 Å². The summed E-state index contributed by atoms with van der Waals surface area (Å²) in [5, 5.41) is 2.92. The number of hydrazine groups is 1. The lowest BCUT2D eigenvalue weighted by atomic mass is 10.1. The van der Waals surface area contributed by atoms with Crippen molar-refractivity contribution in [3.8, 4) is 0 Å². The Balaban J connectivity index is 1.99. The van der Waals surface area contributed by atoms with Crippen LogP contribution in [0.25, 0.3) is 0 Å². The highest BCUT2D eigenvalue weighted by atomic mass is 16.5. The molecule has 1 aromatic rings. The van der Waals surface area contributed by atoms with Crippen LogP contribution in [0.3, 0.4) is 0 Å². The van der Waals surface area contributed by atoms with Gasteiger partial charge in [-0.25, -0.2) is 0 Å². The molecule has 5 nitrogen and oxygen atoms in total. The van der Waals surface area contributed by atoms with Crippen LogP contribution < -0.4 is 16.6 Å². The summed E-state index contributed by atoms with van der Waals surface area (Å²) in [5.74, 6) is 5.75. The third-order valence-corrected chi connectivity index (χ3v) is 3.15. The highest BCUT2D eigenvalue weighted by molar-refractivity contribution is 5.99. The van der Waals surface area contributed by atoms with Crippen molar-refractivity contribution in [2.75, 3.05) is 25.2 Å². The zero-order chi connectivity index (χ0) is 13.0. The summed E-state index contributed by atoms with van der Waals surface area (Å²) in [6.45, 7) is 4.13. The molecular weight excluding hydrogens is 230 g/mol. The molecule has 1 atom stereocenters. The third kappa shape index (κ3) is 3.00. The van der Waals surface area contributed by atoms with Crippen LogP contribution in [-0.2, 0) is 4.74 Å². The average Bonchev–Trinajstić information content (AvgIpc) is 2.88. The van der Waals surface area contributed by atoms with Crippen LogP contribution >= 0.6 is 0 Å². The first-order valence-electron chi connectivity index (χ1n) is 6.14. The Morgan fingerprint density at radius 2 is 2.39 bits per heavy atom. The standard InChI is InChI=1S/C13H19N3O2/c1-9-2-3-11(12(6-9)16-14)13(17)15-7-10-4-5-18-8-10/h2-3,6,10,16H,4-5,7-8,14H2,1H3,(H,15,17). The molecule has 0 saturated carbocycles. The number of carbonyl (C=O) groups is 1.